The molecule has 1 fully saturated rings. The predicted octanol–water partition coefficient (Wildman–Crippen LogP) is 0.161. The molecular formula is C13H15FN2O4. The van der Waals surface area contributed by atoms with Gasteiger partial charge in [-0.15, -0.1) is 0 Å². The van der Waals surface area contributed by atoms with Gasteiger partial charge >= 0.3 is 0 Å². The number of amides is 2. The minimum atomic E-state index is -0.877. The molecule has 1 atom stereocenters. The average Bonchev–Trinajstić information content (AvgIpc) is 2.46. The number of nitrogens with zero attached hydrogens (tertiary/aromatic N) is 1. The lowest BCUT2D eigenvalue weighted by Crippen LogP contribution is -2.54. The highest BCUT2D eigenvalue weighted by Gasteiger charge is 2.33. The van der Waals surface area contributed by atoms with Crippen molar-refractivity contribution in [3.05, 3.63) is 29.6 Å². The van der Waals surface area contributed by atoms with Crippen LogP contribution < -0.4 is 10.5 Å². The average molecular weight is 282 g/mol. The number of carbonyl (C=O) groups excluding carboxylic acids is 2. The number of nitrogens with two attached hydrogens (primary N) is 1. The molecule has 1 saturated heterocycles. The number of primary amides is 1. The number of rotatable bonds is 3. The molecule has 1 aromatic rings. The lowest BCUT2D eigenvalue weighted by Gasteiger charge is -2.33. The summed E-state index contributed by atoms with van der Waals surface area (Å²) in [5.41, 5.74) is 5.10. The van der Waals surface area contributed by atoms with Crippen LogP contribution >= 0.6 is 0 Å². The normalized spacial score (nSPS) is 18.7. The zero-order valence-electron chi connectivity index (χ0n) is 11.0. The maximum Gasteiger partial charge on any atom is 0.257 e. The zero-order valence-corrected chi connectivity index (χ0v) is 11.0. The molecule has 6 nitrogen and oxygen atoms in total. The van der Waals surface area contributed by atoms with Crippen LogP contribution in [-0.4, -0.2) is 49.6 Å². The van der Waals surface area contributed by atoms with E-state index in [9.17, 15) is 14.0 Å². The first-order valence-corrected chi connectivity index (χ1v) is 6.06. The number of ether oxygens (including phenoxy) is 2. The van der Waals surface area contributed by atoms with E-state index in [1.807, 2.05) is 0 Å². The number of hydrogen-bond donors (Lipinski definition) is 1. The molecule has 0 aliphatic carbocycles. The Morgan fingerprint density at radius 1 is 1.50 bits per heavy atom. The summed E-state index contributed by atoms with van der Waals surface area (Å²) < 4.78 is 23.9. The lowest BCUT2D eigenvalue weighted by molar-refractivity contribution is -0.127. The summed E-state index contributed by atoms with van der Waals surface area (Å²) in [4.78, 5) is 24.9. The van der Waals surface area contributed by atoms with Crippen molar-refractivity contribution in [2.24, 2.45) is 5.73 Å². The van der Waals surface area contributed by atoms with Gasteiger partial charge in [0.05, 0.1) is 25.9 Å². The van der Waals surface area contributed by atoms with E-state index in [-0.39, 0.29) is 25.3 Å². The standard InChI is InChI=1S/C13H15FN2O4/c1-19-8-2-3-9(10(14)6-8)13(18)16-4-5-20-7-11(16)12(15)17/h2-3,6,11H,4-5,7H2,1H3,(H2,15,17). The minimum absolute atomic E-state index is 0.0266. The van der Waals surface area contributed by atoms with Crippen molar-refractivity contribution in [1.29, 1.82) is 0 Å². The first-order chi connectivity index (χ1) is 9.54. The van der Waals surface area contributed by atoms with Crippen LogP contribution in [0.4, 0.5) is 4.39 Å². The highest BCUT2D eigenvalue weighted by Crippen LogP contribution is 2.19. The summed E-state index contributed by atoms with van der Waals surface area (Å²) in [7, 11) is 1.40. The van der Waals surface area contributed by atoms with Crippen LogP contribution in [0.2, 0.25) is 0 Å². The molecule has 2 amide bonds. The van der Waals surface area contributed by atoms with Crippen molar-refractivity contribution in [2.75, 3.05) is 26.9 Å². The number of morpholine rings is 1. The predicted molar refractivity (Wildman–Crippen MR) is 67.8 cm³/mol. The third-order valence-electron chi connectivity index (χ3n) is 3.12. The Bertz CT molecular complexity index is 535. The maximum atomic E-state index is 13.9. The summed E-state index contributed by atoms with van der Waals surface area (Å²) >= 11 is 0. The van der Waals surface area contributed by atoms with Gasteiger partial charge in [0.1, 0.15) is 17.6 Å². The second kappa shape index (κ2) is 5.87. The van der Waals surface area contributed by atoms with Gasteiger partial charge < -0.3 is 20.1 Å². The van der Waals surface area contributed by atoms with Gasteiger partial charge in [0, 0.05) is 12.6 Å². The molecular weight excluding hydrogens is 267 g/mol. The van der Waals surface area contributed by atoms with E-state index in [1.165, 1.54) is 24.1 Å². The quantitative estimate of drug-likeness (QED) is 0.856. The fourth-order valence-corrected chi connectivity index (χ4v) is 2.03. The molecule has 1 heterocycles. The van der Waals surface area contributed by atoms with Gasteiger partial charge in [-0.1, -0.05) is 0 Å². The molecule has 1 aliphatic heterocycles. The fourth-order valence-electron chi connectivity index (χ4n) is 2.03. The molecule has 1 aliphatic rings. The van der Waals surface area contributed by atoms with E-state index in [4.69, 9.17) is 15.2 Å². The summed E-state index contributed by atoms with van der Waals surface area (Å²) in [5.74, 6) is -1.65. The highest BCUT2D eigenvalue weighted by molar-refractivity contribution is 5.97. The van der Waals surface area contributed by atoms with Crippen molar-refractivity contribution < 1.29 is 23.5 Å². The van der Waals surface area contributed by atoms with Crippen molar-refractivity contribution in [2.45, 2.75) is 6.04 Å². The van der Waals surface area contributed by atoms with Crippen LogP contribution in [0.25, 0.3) is 0 Å². The van der Waals surface area contributed by atoms with E-state index in [2.05, 4.69) is 0 Å². The van der Waals surface area contributed by atoms with Gasteiger partial charge in [0.2, 0.25) is 5.91 Å². The van der Waals surface area contributed by atoms with Crippen LogP contribution in [0.3, 0.4) is 0 Å². The van der Waals surface area contributed by atoms with Crippen molar-refractivity contribution in [3.8, 4) is 5.75 Å². The van der Waals surface area contributed by atoms with E-state index in [1.54, 1.807) is 0 Å². The Kier molecular flexibility index (Phi) is 4.19. The van der Waals surface area contributed by atoms with Gasteiger partial charge in [-0.25, -0.2) is 4.39 Å². The van der Waals surface area contributed by atoms with Gasteiger partial charge in [-0.2, -0.15) is 0 Å². The van der Waals surface area contributed by atoms with E-state index in [0.29, 0.717) is 5.75 Å². The van der Waals surface area contributed by atoms with Gasteiger partial charge in [0.25, 0.3) is 5.91 Å². The second-order valence-corrected chi connectivity index (χ2v) is 4.34. The minimum Gasteiger partial charge on any atom is -0.497 e. The Morgan fingerprint density at radius 3 is 2.85 bits per heavy atom. The van der Waals surface area contributed by atoms with Gasteiger partial charge in [-0.3, -0.25) is 9.59 Å². The maximum absolute atomic E-state index is 13.9. The molecule has 0 bridgehead atoms. The van der Waals surface area contributed by atoms with Crippen LogP contribution in [0.1, 0.15) is 10.4 Å². The van der Waals surface area contributed by atoms with Crippen LogP contribution in [0.15, 0.2) is 18.2 Å². The highest BCUT2D eigenvalue weighted by atomic mass is 19.1. The Balaban J connectivity index is 2.27. The molecule has 108 valence electrons. The molecule has 1 unspecified atom stereocenters. The van der Waals surface area contributed by atoms with Crippen molar-refractivity contribution in [1.82, 2.24) is 4.90 Å². The van der Waals surface area contributed by atoms with Gasteiger partial charge in [-0.05, 0) is 12.1 Å². The van der Waals surface area contributed by atoms with Crippen molar-refractivity contribution in [3.63, 3.8) is 0 Å². The summed E-state index contributed by atoms with van der Waals surface area (Å²) in [6.07, 6.45) is 0. The molecule has 0 saturated carbocycles. The number of carbonyl (C=O) groups is 2. The topological polar surface area (TPSA) is 81.9 Å². The van der Waals surface area contributed by atoms with Crippen LogP contribution in [0.5, 0.6) is 5.75 Å². The first kappa shape index (κ1) is 14.3. The van der Waals surface area contributed by atoms with E-state index in [0.717, 1.165) is 6.07 Å². The molecule has 0 radical (unpaired) electrons. The third-order valence-corrected chi connectivity index (χ3v) is 3.12. The molecule has 20 heavy (non-hydrogen) atoms. The molecule has 0 aromatic heterocycles. The number of benzene rings is 1. The van der Waals surface area contributed by atoms with Gasteiger partial charge in [0.15, 0.2) is 0 Å². The SMILES string of the molecule is COc1ccc(C(=O)N2CCOCC2C(N)=O)c(F)c1. The third kappa shape index (κ3) is 2.72. The lowest BCUT2D eigenvalue weighted by atomic mass is 10.1. The Labute approximate surface area is 115 Å². The smallest absolute Gasteiger partial charge is 0.257 e. The van der Waals surface area contributed by atoms with Crippen LogP contribution in [-0.2, 0) is 9.53 Å². The zero-order chi connectivity index (χ0) is 14.7. The monoisotopic (exact) mass is 282 g/mol. The van der Waals surface area contributed by atoms with E-state index >= 15 is 0 Å². The Morgan fingerprint density at radius 2 is 2.25 bits per heavy atom. The Hall–Kier alpha value is -2.15. The molecule has 2 rings (SSSR count). The summed E-state index contributed by atoms with van der Waals surface area (Å²) in [6, 6.07) is 3.05. The van der Waals surface area contributed by atoms with E-state index < -0.39 is 23.7 Å². The van der Waals surface area contributed by atoms with Crippen molar-refractivity contribution >= 4 is 11.8 Å². The number of halogens is 1. The first-order valence-electron chi connectivity index (χ1n) is 6.06. The summed E-state index contributed by atoms with van der Waals surface area (Å²) in [5, 5.41) is 0. The molecule has 2 N–H and O–H groups in total. The fraction of sp³-hybridized carbons (Fsp3) is 0.385. The molecule has 1 aromatic carbocycles. The molecule has 7 heteroatoms. The largest absolute Gasteiger partial charge is 0.497 e. The number of methoxy groups -OCH3 is 1. The summed E-state index contributed by atoms with van der Waals surface area (Å²) in [6.45, 7) is 0.504. The van der Waals surface area contributed by atoms with Crippen LogP contribution in [0, 0.1) is 5.82 Å². The molecule has 0 spiro atoms. The number of hydrogen-bond acceptors (Lipinski definition) is 4. The second-order valence-electron chi connectivity index (χ2n) is 4.34.